The summed E-state index contributed by atoms with van der Waals surface area (Å²) < 4.78 is 5.15. The second-order valence-corrected chi connectivity index (χ2v) is 5.58. The van der Waals surface area contributed by atoms with Gasteiger partial charge in [0.2, 0.25) is 0 Å². The summed E-state index contributed by atoms with van der Waals surface area (Å²) in [4.78, 5) is 10.8. The molecule has 2 atom stereocenters. The van der Waals surface area contributed by atoms with Crippen molar-refractivity contribution in [3.05, 3.63) is 23.6 Å². The third-order valence-electron chi connectivity index (χ3n) is 4.48. The molecule has 0 aromatic carbocycles. The molecule has 4 nitrogen and oxygen atoms in total. The number of hydrogen-bond donors (Lipinski definition) is 1. The molecule has 1 heterocycles. The summed E-state index contributed by atoms with van der Waals surface area (Å²) in [6.07, 6.45) is 4.42. The summed E-state index contributed by atoms with van der Waals surface area (Å²) in [7, 11) is 0. The number of fused-ring (bicyclic) bond motifs is 1. The van der Waals surface area contributed by atoms with Crippen LogP contribution in [0.2, 0.25) is 0 Å². The fourth-order valence-corrected chi connectivity index (χ4v) is 3.14. The maximum Gasteiger partial charge on any atom is 0.358 e. The zero-order chi connectivity index (χ0) is 12.2. The second-order valence-electron chi connectivity index (χ2n) is 5.58. The topological polar surface area (TPSA) is 63.3 Å². The summed E-state index contributed by atoms with van der Waals surface area (Å²) in [6, 6.07) is 1.53. The third-order valence-corrected chi connectivity index (χ3v) is 4.48. The monoisotopic (exact) mass is 233 g/mol. The highest BCUT2D eigenvalue weighted by Crippen LogP contribution is 2.61. The highest BCUT2D eigenvalue weighted by molar-refractivity contribution is 5.86. The molecule has 0 spiro atoms. The number of hydrogen-bond acceptors (Lipinski definition) is 3. The largest absolute Gasteiger partial charge is 0.476 e. The predicted molar refractivity (Wildman–Crippen MR) is 61.4 cm³/mol. The predicted octanol–water partition coefficient (Wildman–Crippen LogP) is 2.82. The number of aromatic nitrogens is 1. The van der Waals surface area contributed by atoms with E-state index in [0.717, 1.165) is 17.9 Å². The van der Waals surface area contributed by atoms with Gasteiger partial charge in [0.1, 0.15) is 0 Å². The first-order valence-electron chi connectivity index (χ1n) is 5.90. The molecule has 1 saturated carbocycles. The maximum atomic E-state index is 10.8. The van der Waals surface area contributed by atoms with Gasteiger partial charge in [-0.15, -0.1) is 0 Å². The number of carboxylic acids is 1. The molecule has 0 radical (unpaired) electrons. The minimum absolute atomic E-state index is 0.0137. The Balaban J connectivity index is 1.94. The normalized spacial score (nSPS) is 29.4. The Morgan fingerprint density at radius 2 is 2.35 bits per heavy atom. The standard InChI is InChI=1S/C13H15NO3/c1-13(2)7-3-4-8(9(13)5-7)11-6-10(12(15)16)14-17-11/h4,6-7,9H,3,5H2,1-2H3,(H,15,16). The lowest BCUT2D eigenvalue weighted by Crippen LogP contribution is -2.47. The van der Waals surface area contributed by atoms with Crippen LogP contribution in [0.25, 0.3) is 5.57 Å². The Hall–Kier alpha value is -1.58. The molecule has 0 saturated heterocycles. The molecule has 1 N–H and O–H groups in total. The number of nitrogens with zero attached hydrogens (tertiary/aromatic N) is 1. The summed E-state index contributed by atoms with van der Waals surface area (Å²) in [5.41, 5.74) is 1.43. The van der Waals surface area contributed by atoms with Crippen molar-refractivity contribution >= 4 is 11.5 Å². The molecule has 0 amide bonds. The van der Waals surface area contributed by atoms with Crippen molar-refractivity contribution in [3.63, 3.8) is 0 Å². The molecule has 1 aromatic heterocycles. The molecule has 1 fully saturated rings. The van der Waals surface area contributed by atoms with Crippen molar-refractivity contribution in [1.82, 2.24) is 5.16 Å². The van der Waals surface area contributed by atoms with E-state index in [1.165, 1.54) is 12.5 Å². The van der Waals surface area contributed by atoms with E-state index < -0.39 is 5.97 Å². The van der Waals surface area contributed by atoms with E-state index in [0.29, 0.717) is 17.1 Å². The molecule has 90 valence electrons. The number of carboxylic acid groups (broad SMARTS) is 1. The average molecular weight is 233 g/mol. The van der Waals surface area contributed by atoms with Crippen LogP contribution in [0.3, 0.4) is 0 Å². The second kappa shape index (κ2) is 3.22. The van der Waals surface area contributed by atoms with E-state index in [-0.39, 0.29) is 5.69 Å². The van der Waals surface area contributed by atoms with Gasteiger partial charge in [0.25, 0.3) is 0 Å². The van der Waals surface area contributed by atoms with Crippen LogP contribution in [-0.4, -0.2) is 16.2 Å². The van der Waals surface area contributed by atoms with Crippen LogP contribution in [0, 0.1) is 17.3 Å². The number of allylic oxidation sites excluding steroid dienone is 2. The van der Waals surface area contributed by atoms with Crippen LogP contribution < -0.4 is 0 Å². The Morgan fingerprint density at radius 1 is 1.59 bits per heavy atom. The zero-order valence-corrected chi connectivity index (χ0v) is 9.93. The van der Waals surface area contributed by atoms with Gasteiger partial charge in [-0.3, -0.25) is 0 Å². The van der Waals surface area contributed by atoms with Gasteiger partial charge in [-0.2, -0.15) is 0 Å². The van der Waals surface area contributed by atoms with Gasteiger partial charge >= 0.3 is 5.97 Å². The van der Waals surface area contributed by atoms with Gasteiger partial charge < -0.3 is 9.63 Å². The fraction of sp³-hybridized carbons (Fsp3) is 0.538. The van der Waals surface area contributed by atoms with E-state index in [9.17, 15) is 4.79 Å². The van der Waals surface area contributed by atoms with Gasteiger partial charge in [0, 0.05) is 6.07 Å². The molecule has 4 rings (SSSR count). The lowest BCUT2D eigenvalue weighted by atomic mass is 9.48. The molecule has 0 aliphatic heterocycles. The summed E-state index contributed by atoms with van der Waals surface area (Å²) in [6.45, 7) is 4.54. The van der Waals surface area contributed by atoms with Crippen LogP contribution in [0.15, 0.2) is 16.7 Å². The Labute approximate surface area is 99.3 Å². The first kappa shape index (κ1) is 10.6. The maximum absolute atomic E-state index is 10.8. The van der Waals surface area contributed by atoms with Crippen molar-refractivity contribution in [2.45, 2.75) is 26.7 Å². The minimum atomic E-state index is -1.04. The van der Waals surface area contributed by atoms with E-state index in [2.05, 4.69) is 25.1 Å². The molecule has 2 unspecified atom stereocenters. The van der Waals surface area contributed by atoms with Gasteiger partial charge in [-0.1, -0.05) is 25.1 Å². The van der Waals surface area contributed by atoms with Crippen molar-refractivity contribution < 1.29 is 14.4 Å². The Morgan fingerprint density at radius 3 is 2.88 bits per heavy atom. The molecule has 1 aromatic rings. The molecule has 4 heteroatoms. The Kier molecular flexibility index (Phi) is 2.00. The van der Waals surface area contributed by atoms with E-state index in [4.69, 9.17) is 9.63 Å². The first-order chi connectivity index (χ1) is 8.00. The lowest BCUT2D eigenvalue weighted by Gasteiger charge is -2.55. The molecular weight excluding hydrogens is 218 g/mol. The Bertz CT molecular complexity index is 512. The number of aromatic carboxylic acids is 1. The van der Waals surface area contributed by atoms with Crippen LogP contribution in [0.4, 0.5) is 0 Å². The SMILES string of the molecule is CC1(C)C2CC=C(c3cc(C(=O)O)no3)C1C2. The van der Waals surface area contributed by atoms with Gasteiger partial charge in [0.05, 0.1) is 0 Å². The van der Waals surface area contributed by atoms with Gasteiger partial charge in [0.15, 0.2) is 11.5 Å². The fourth-order valence-electron chi connectivity index (χ4n) is 3.14. The molecule has 17 heavy (non-hydrogen) atoms. The van der Waals surface area contributed by atoms with Gasteiger partial charge in [-0.05, 0) is 35.7 Å². The lowest BCUT2D eigenvalue weighted by molar-refractivity contribution is 0.00994. The van der Waals surface area contributed by atoms with Crippen LogP contribution >= 0.6 is 0 Å². The summed E-state index contributed by atoms with van der Waals surface area (Å²) >= 11 is 0. The molecule has 3 aliphatic rings. The smallest absolute Gasteiger partial charge is 0.358 e. The van der Waals surface area contributed by atoms with Gasteiger partial charge in [-0.25, -0.2) is 4.79 Å². The summed E-state index contributed by atoms with van der Waals surface area (Å²) in [5, 5.41) is 12.4. The molecule has 2 bridgehead atoms. The van der Waals surface area contributed by atoms with Crippen LogP contribution in [0.1, 0.15) is 42.9 Å². The van der Waals surface area contributed by atoms with E-state index >= 15 is 0 Å². The molecular formula is C13H15NO3. The van der Waals surface area contributed by atoms with E-state index in [1.54, 1.807) is 0 Å². The number of carbonyl (C=O) groups is 1. The van der Waals surface area contributed by atoms with Crippen LogP contribution in [0.5, 0.6) is 0 Å². The van der Waals surface area contributed by atoms with Crippen molar-refractivity contribution in [2.24, 2.45) is 17.3 Å². The average Bonchev–Trinajstić information content (AvgIpc) is 2.78. The highest BCUT2D eigenvalue weighted by Gasteiger charge is 2.52. The van der Waals surface area contributed by atoms with Crippen molar-refractivity contribution in [3.8, 4) is 0 Å². The summed E-state index contributed by atoms with van der Waals surface area (Å²) in [5.74, 6) is 0.828. The van der Waals surface area contributed by atoms with Crippen molar-refractivity contribution in [2.75, 3.05) is 0 Å². The van der Waals surface area contributed by atoms with Crippen LogP contribution in [-0.2, 0) is 0 Å². The molecule has 3 aliphatic carbocycles. The van der Waals surface area contributed by atoms with Crippen molar-refractivity contribution in [1.29, 1.82) is 0 Å². The highest BCUT2D eigenvalue weighted by atomic mass is 16.5. The van der Waals surface area contributed by atoms with E-state index in [1.807, 2.05) is 0 Å². The zero-order valence-electron chi connectivity index (χ0n) is 9.93. The third kappa shape index (κ3) is 1.36. The first-order valence-corrected chi connectivity index (χ1v) is 5.90. The quantitative estimate of drug-likeness (QED) is 0.853. The number of rotatable bonds is 2. The minimum Gasteiger partial charge on any atom is -0.476 e.